The molecule has 1 fully saturated rings. The summed E-state index contributed by atoms with van der Waals surface area (Å²) in [7, 11) is 3.21. The number of rotatable bonds is 5. The van der Waals surface area contributed by atoms with Crippen molar-refractivity contribution in [2.24, 2.45) is 0 Å². The number of piperazine rings is 1. The molecule has 1 amide bonds. The lowest BCUT2D eigenvalue weighted by Gasteiger charge is -2.36. The van der Waals surface area contributed by atoms with Crippen LogP contribution in [0.3, 0.4) is 0 Å². The Balaban J connectivity index is 1.57. The molecule has 31 heavy (non-hydrogen) atoms. The summed E-state index contributed by atoms with van der Waals surface area (Å²) in [5, 5.41) is 0.504. The molecule has 1 aliphatic rings. The van der Waals surface area contributed by atoms with Gasteiger partial charge in [0.2, 0.25) is 5.43 Å². The van der Waals surface area contributed by atoms with Crippen molar-refractivity contribution in [2.75, 3.05) is 45.3 Å². The zero-order valence-corrected chi connectivity index (χ0v) is 18.1. The molecule has 3 aromatic rings. The predicted molar refractivity (Wildman–Crippen MR) is 122 cm³/mol. The van der Waals surface area contributed by atoms with Crippen LogP contribution in [0.2, 0.25) is 0 Å². The van der Waals surface area contributed by atoms with E-state index in [2.05, 4.69) is 4.90 Å². The van der Waals surface area contributed by atoms with E-state index in [1.54, 1.807) is 31.4 Å². The Morgan fingerprint density at radius 3 is 2.19 bits per heavy atom. The number of fused-ring (bicyclic) bond motifs is 1. The van der Waals surface area contributed by atoms with E-state index in [0.717, 1.165) is 17.0 Å². The van der Waals surface area contributed by atoms with E-state index in [9.17, 15) is 9.59 Å². The van der Waals surface area contributed by atoms with Crippen LogP contribution in [0.25, 0.3) is 10.9 Å². The fraction of sp³-hybridized carbons (Fsp3) is 0.333. The Hall–Kier alpha value is -3.48. The lowest BCUT2D eigenvalue weighted by molar-refractivity contribution is 0.0745. The number of anilines is 1. The number of pyridine rings is 1. The Labute approximate surface area is 181 Å². The molecule has 0 N–H and O–H groups in total. The van der Waals surface area contributed by atoms with Gasteiger partial charge >= 0.3 is 0 Å². The van der Waals surface area contributed by atoms with E-state index < -0.39 is 0 Å². The second-order valence-corrected chi connectivity index (χ2v) is 7.52. The van der Waals surface area contributed by atoms with Crippen LogP contribution in [0.1, 0.15) is 17.3 Å². The van der Waals surface area contributed by atoms with Crippen molar-refractivity contribution in [2.45, 2.75) is 13.5 Å². The van der Waals surface area contributed by atoms with Crippen LogP contribution in [-0.4, -0.2) is 55.8 Å². The van der Waals surface area contributed by atoms with E-state index in [1.165, 1.54) is 0 Å². The number of methoxy groups -OCH3 is 2. The van der Waals surface area contributed by atoms with Crippen LogP contribution in [-0.2, 0) is 6.54 Å². The van der Waals surface area contributed by atoms with Crippen molar-refractivity contribution < 1.29 is 14.3 Å². The molecule has 0 aliphatic carbocycles. The van der Waals surface area contributed by atoms with E-state index >= 15 is 0 Å². The summed E-state index contributed by atoms with van der Waals surface area (Å²) in [6.07, 6.45) is 1.69. The molecule has 0 unspecified atom stereocenters. The highest BCUT2D eigenvalue weighted by Gasteiger charge is 2.25. The third-order valence-corrected chi connectivity index (χ3v) is 5.86. The first-order chi connectivity index (χ1) is 15.0. The van der Waals surface area contributed by atoms with Crippen LogP contribution in [0.5, 0.6) is 11.5 Å². The SMILES string of the molecule is CCn1cc(C(=O)N2CCN(c3ccc(OC)cc3)CC2)c(=O)c2cc(OC)ccc21. The minimum absolute atomic E-state index is 0.209. The van der Waals surface area contributed by atoms with Crippen LogP contribution in [0.4, 0.5) is 5.69 Å². The summed E-state index contributed by atoms with van der Waals surface area (Å²) < 4.78 is 12.4. The van der Waals surface area contributed by atoms with Crippen molar-refractivity contribution in [3.05, 3.63) is 64.4 Å². The summed E-state index contributed by atoms with van der Waals surface area (Å²) >= 11 is 0. The average Bonchev–Trinajstić information content (AvgIpc) is 2.84. The lowest BCUT2D eigenvalue weighted by atomic mass is 10.1. The van der Waals surface area contributed by atoms with Gasteiger partial charge < -0.3 is 23.8 Å². The molecule has 0 radical (unpaired) electrons. The first kappa shape index (κ1) is 20.8. The molecular weight excluding hydrogens is 394 g/mol. The van der Waals surface area contributed by atoms with Gasteiger partial charge in [-0.1, -0.05) is 0 Å². The predicted octanol–water partition coefficient (Wildman–Crippen LogP) is 3.00. The van der Waals surface area contributed by atoms with E-state index in [4.69, 9.17) is 9.47 Å². The molecule has 0 bridgehead atoms. The highest BCUT2D eigenvalue weighted by atomic mass is 16.5. The van der Waals surface area contributed by atoms with E-state index in [1.807, 2.05) is 47.9 Å². The van der Waals surface area contributed by atoms with E-state index in [0.29, 0.717) is 43.9 Å². The van der Waals surface area contributed by atoms with Gasteiger partial charge in [0, 0.05) is 44.6 Å². The molecular formula is C24H27N3O4. The van der Waals surface area contributed by atoms with Crippen LogP contribution >= 0.6 is 0 Å². The number of carbonyl (C=O) groups is 1. The number of nitrogens with zero attached hydrogens (tertiary/aromatic N) is 3. The summed E-state index contributed by atoms with van der Waals surface area (Å²) in [6.45, 7) is 5.20. The smallest absolute Gasteiger partial charge is 0.259 e. The van der Waals surface area contributed by atoms with Gasteiger partial charge in [-0.05, 0) is 49.4 Å². The molecule has 0 saturated carbocycles. The zero-order valence-electron chi connectivity index (χ0n) is 18.1. The Kier molecular flexibility index (Phi) is 5.84. The number of ether oxygens (including phenoxy) is 2. The second kappa shape index (κ2) is 8.71. The number of hydrogen-bond acceptors (Lipinski definition) is 5. The molecule has 1 aliphatic heterocycles. The van der Waals surface area contributed by atoms with Gasteiger partial charge in [-0.15, -0.1) is 0 Å². The molecule has 7 nitrogen and oxygen atoms in total. The fourth-order valence-electron chi connectivity index (χ4n) is 4.05. The van der Waals surface area contributed by atoms with Crippen molar-refractivity contribution in [1.82, 2.24) is 9.47 Å². The van der Waals surface area contributed by atoms with Crippen LogP contribution in [0, 0.1) is 0 Å². The quantitative estimate of drug-likeness (QED) is 0.634. The van der Waals surface area contributed by atoms with Gasteiger partial charge in [0.25, 0.3) is 5.91 Å². The van der Waals surface area contributed by atoms with Gasteiger partial charge in [0.1, 0.15) is 17.1 Å². The first-order valence-corrected chi connectivity index (χ1v) is 10.4. The largest absolute Gasteiger partial charge is 0.497 e. The minimum atomic E-state index is -0.249. The summed E-state index contributed by atoms with van der Waals surface area (Å²) in [6, 6.07) is 13.3. The summed E-state index contributed by atoms with van der Waals surface area (Å²) in [5.41, 5.74) is 1.86. The normalized spacial score (nSPS) is 14.0. The van der Waals surface area contributed by atoms with Crippen LogP contribution < -0.4 is 19.8 Å². The maximum atomic E-state index is 13.3. The van der Waals surface area contributed by atoms with Gasteiger partial charge in [0.05, 0.1) is 25.1 Å². The highest BCUT2D eigenvalue weighted by Crippen LogP contribution is 2.22. The Bertz CT molecular complexity index is 1150. The van der Waals surface area contributed by atoms with Gasteiger partial charge in [0.15, 0.2) is 0 Å². The van der Waals surface area contributed by atoms with Gasteiger partial charge in [-0.3, -0.25) is 9.59 Å². The minimum Gasteiger partial charge on any atom is -0.497 e. The van der Waals surface area contributed by atoms with Crippen LogP contribution in [0.15, 0.2) is 53.5 Å². The molecule has 0 spiro atoms. The van der Waals surface area contributed by atoms with Gasteiger partial charge in [-0.2, -0.15) is 0 Å². The Morgan fingerprint density at radius 2 is 1.58 bits per heavy atom. The molecule has 4 rings (SSSR count). The number of benzene rings is 2. The van der Waals surface area contributed by atoms with Crippen molar-refractivity contribution in [3.8, 4) is 11.5 Å². The molecule has 7 heteroatoms. The van der Waals surface area contributed by atoms with E-state index in [-0.39, 0.29) is 16.9 Å². The second-order valence-electron chi connectivity index (χ2n) is 7.52. The third-order valence-electron chi connectivity index (χ3n) is 5.86. The maximum Gasteiger partial charge on any atom is 0.259 e. The van der Waals surface area contributed by atoms with Crippen molar-refractivity contribution in [3.63, 3.8) is 0 Å². The average molecular weight is 421 g/mol. The number of aromatic nitrogens is 1. The topological polar surface area (TPSA) is 64.0 Å². The lowest BCUT2D eigenvalue weighted by Crippen LogP contribution is -2.49. The number of hydrogen-bond donors (Lipinski definition) is 0. The molecule has 162 valence electrons. The maximum absolute atomic E-state index is 13.3. The monoisotopic (exact) mass is 421 g/mol. The van der Waals surface area contributed by atoms with Crippen molar-refractivity contribution in [1.29, 1.82) is 0 Å². The zero-order chi connectivity index (χ0) is 22.0. The summed E-state index contributed by atoms with van der Waals surface area (Å²) in [4.78, 5) is 30.4. The number of amides is 1. The third kappa shape index (κ3) is 3.95. The number of carbonyl (C=O) groups excluding carboxylic acids is 1. The number of aryl methyl sites for hydroxylation is 1. The molecule has 2 aromatic carbocycles. The fourth-order valence-corrected chi connectivity index (χ4v) is 4.05. The molecule has 2 heterocycles. The standard InChI is InChI=1S/C24H27N3O4/c1-4-25-16-21(23(28)20-15-19(31-3)9-10-22(20)25)24(29)27-13-11-26(12-14-27)17-5-7-18(30-2)8-6-17/h5-10,15-16H,4,11-14H2,1-3H3. The van der Waals surface area contributed by atoms with Gasteiger partial charge in [-0.25, -0.2) is 0 Å². The first-order valence-electron chi connectivity index (χ1n) is 10.4. The van der Waals surface area contributed by atoms with Crippen molar-refractivity contribution >= 4 is 22.5 Å². The highest BCUT2D eigenvalue weighted by molar-refractivity contribution is 5.97. The molecule has 0 atom stereocenters. The Morgan fingerprint density at radius 1 is 0.935 bits per heavy atom. The summed E-state index contributed by atoms with van der Waals surface area (Å²) in [5.74, 6) is 1.20. The molecule has 1 saturated heterocycles. The molecule has 1 aromatic heterocycles.